The summed E-state index contributed by atoms with van der Waals surface area (Å²) in [5, 5.41) is 25.3. The average molecular weight is 650 g/mol. The van der Waals surface area contributed by atoms with Crippen molar-refractivity contribution in [2.24, 2.45) is 0 Å². The van der Waals surface area contributed by atoms with Crippen LogP contribution < -0.4 is 26.6 Å². The molecule has 1 saturated heterocycles. The molecule has 3 heterocycles. The van der Waals surface area contributed by atoms with E-state index >= 15 is 4.39 Å². The second-order valence-electron chi connectivity index (χ2n) is 10.2. The number of nitrogens with one attached hydrogen (secondary N) is 5. The summed E-state index contributed by atoms with van der Waals surface area (Å²) in [6, 6.07) is 5.64. The molecule has 14 nitrogen and oxygen atoms in total. The molecule has 0 atom stereocenters. The number of alkyl halides is 3. The lowest BCUT2D eigenvalue weighted by molar-refractivity contribution is -0.192. The van der Waals surface area contributed by atoms with Crippen LogP contribution in [0.25, 0.3) is 11.7 Å². The minimum absolute atomic E-state index is 0.0729. The molecule has 0 unspecified atom stereocenters. The lowest BCUT2D eigenvalue weighted by atomic mass is 10.2. The first-order chi connectivity index (χ1) is 21.8. The zero-order chi connectivity index (χ0) is 33.6. The van der Waals surface area contributed by atoms with Gasteiger partial charge in [-0.2, -0.15) is 22.8 Å². The van der Waals surface area contributed by atoms with Crippen molar-refractivity contribution in [1.82, 2.24) is 35.4 Å². The van der Waals surface area contributed by atoms with E-state index < -0.39 is 29.9 Å². The summed E-state index contributed by atoms with van der Waals surface area (Å²) in [5.74, 6) is -3.29. The number of aromatic nitrogens is 3. The van der Waals surface area contributed by atoms with Crippen LogP contribution in [0.1, 0.15) is 42.6 Å². The van der Waals surface area contributed by atoms with E-state index in [0.717, 1.165) is 32.5 Å². The standard InChI is InChI=1S/C26H30FN9O3.C2HF3O2/c1-3-35(4-2)10-9-28-24(37)15-5-8-19(18(27)11-15)31-21-13-22(30-17-6-7-17)36-23(33-21)16(14-29-36)12-20-25(38)34-26(39)32-20;3-2(4,5)1(6)7/h5,8,11-14,17,30H,3-4,6-7,9-10H2,1-2H3,(H,28,37)(H,31,33)(H2,32,34,38,39);(H,6,7)/b20-12-;. The van der Waals surface area contributed by atoms with Crippen LogP contribution >= 0.6 is 0 Å². The fraction of sp³-hybridized carbons (Fsp3) is 0.357. The van der Waals surface area contributed by atoms with E-state index in [1.165, 1.54) is 24.4 Å². The van der Waals surface area contributed by atoms with Crippen LogP contribution in [0.5, 0.6) is 0 Å². The molecule has 1 aromatic carbocycles. The summed E-state index contributed by atoms with van der Waals surface area (Å²) in [6.07, 6.45) is -0.0360. The number of aliphatic carboxylic acids is 1. The van der Waals surface area contributed by atoms with E-state index in [0.29, 0.717) is 35.4 Å². The summed E-state index contributed by atoms with van der Waals surface area (Å²) in [4.78, 5) is 51.7. The van der Waals surface area contributed by atoms with Gasteiger partial charge in [-0.25, -0.2) is 19.0 Å². The minimum atomic E-state index is -5.08. The Morgan fingerprint density at radius 1 is 1.15 bits per heavy atom. The Hall–Kier alpha value is -5.26. The molecule has 6 N–H and O–H groups in total. The number of anilines is 3. The monoisotopic (exact) mass is 649 g/mol. The number of carbonyl (C=O) groups is 4. The number of likely N-dealkylation sites (N-methyl/N-ethyl adjacent to an activating group) is 1. The summed E-state index contributed by atoms with van der Waals surface area (Å²) in [7, 11) is 0. The number of nitrogens with zero attached hydrogens (tertiary/aromatic N) is 4. The number of carbonyl (C=O) groups excluding carboxylic acids is 3. The molecule has 3 aromatic rings. The lowest BCUT2D eigenvalue weighted by Gasteiger charge is -2.18. The summed E-state index contributed by atoms with van der Waals surface area (Å²) >= 11 is 0. The first-order valence-corrected chi connectivity index (χ1v) is 14.2. The third-order valence-corrected chi connectivity index (χ3v) is 6.79. The second kappa shape index (κ2) is 14.2. The molecule has 46 heavy (non-hydrogen) atoms. The predicted octanol–water partition coefficient (Wildman–Crippen LogP) is 3.07. The van der Waals surface area contributed by atoms with Gasteiger partial charge in [0.05, 0.1) is 11.9 Å². The van der Waals surface area contributed by atoms with Gasteiger partial charge >= 0.3 is 18.2 Å². The highest BCUT2D eigenvalue weighted by atomic mass is 19.4. The Kier molecular flexibility index (Phi) is 10.4. The fourth-order valence-electron chi connectivity index (χ4n) is 4.19. The van der Waals surface area contributed by atoms with E-state index in [4.69, 9.17) is 9.90 Å². The van der Waals surface area contributed by atoms with E-state index in [9.17, 15) is 27.6 Å². The molecule has 2 aliphatic rings. The maximum absolute atomic E-state index is 15.1. The van der Waals surface area contributed by atoms with Crippen LogP contribution in [0.2, 0.25) is 0 Å². The summed E-state index contributed by atoms with van der Waals surface area (Å²) < 4.78 is 48.4. The number of benzene rings is 1. The predicted molar refractivity (Wildman–Crippen MR) is 158 cm³/mol. The molecule has 2 fully saturated rings. The number of hydrogen-bond donors (Lipinski definition) is 6. The van der Waals surface area contributed by atoms with E-state index in [-0.39, 0.29) is 22.9 Å². The SMILES string of the molecule is CCN(CC)CCNC(=O)c1ccc(Nc2cc(NC3CC3)n3ncc(/C=C4\NC(=O)NC4=O)c3n2)c(F)c1.O=C(O)C(F)(F)F. The zero-order valence-electron chi connectivity index (χ0n) is 24.7. The van der Waals surface area contributed by atoms with Crippen LogP contribution in [0.4, 0.5) is 39.7 Å². The van der Waals surface area contributed by atoms with E-state index in [2.05, 4.69) is 55.4 Å². The number of imide groups is 1. The number of carboxylic acids is 1. The molecule has 1 aliphatic carbocycles. The average Bonchev–Trinajstić information content (AvgIpc) is 3.63. The molecule has 0 bridgehead atoms. The van der Waals surface area contributed by atoms with Crippen LogP contribution in [0, 0.1) is 5.82 Å². The van der Waals surface area contributed by atoms with Crippen molar-refractivity contribution in [1.29, 1.82) is 0 Å². The van der Waals surface area contributed by atoms with Gasteiger partial charge in [0.15, 0.2) is 5.65 Å². The summed E-state index contributed by atoms with van der Waals surface area (Å²) in [5.41, 5.74) is 1.32. The smallest absolute Gasteiger partial charge is 0.475 e. The Bertz CT molecular complexity index is 1670. The van der Waals surface area contributed by atoms with E-state index in [1.54, 1.807) is 16.6 Å². The van der Waals surface area contributed by atoms with Crippen LogP contribution in [-0.4, -0.2) is 86.8 Å². The van der Waals surface area contributed by atoms with Gasteiger partial charge in [-0.05, 0) is 50.2 Å². The number of hydrogen-bond acceptors (Lipinski definition) is 9. The molecule has 0 radical (unpaired) electrons. The number of amides is 4. The molecule has 4 amide bonds. The Labute approximate surface area is 259 Å². The molecular formula is C28H31F4N9O5. The maximum Gasteiger partial charge on any atom is 0.490 e. The van der Waals surface area contributed by atoms with Gasteiger partial charge in [0.25, 0.3) is 11.8 Å². The van der Waals surface area contributed by atoms with Crippen molar-refractivity contribution in [2.45, 2.75) is 38.9 Å². The third-order valence-electron chi connectivity index (χ3n) is 6.79. The van der Waals surface area contributed by atoms with Gasteiger partial charge in [-0.3, -0.25) is 14.9 Å². The number of carboxylic acid groups (broad SMARTS) is 1. The largest absolute Gasteiger partial charge is 0.490 e. The summed E-state index contributed by atoms with van der Waals surface area (Å²) in [6.45, 7) is 7.09. The molecule has 2 aromatic heterocycles. The van der Waals surface area contributed by atoms with Crippen molar-refractivity contribution < 1.29 is 41.8 Å². The van der Waals surface area contributed by atoms with Gasteiger partial charge < -0.3 is 31.3 Å². The van der Waals surface area contributed by atoms with Gasteiger partial charge in [0.2, 0.25) is 0 Å². The number of urea groups is 1. The number of halogens is 4. The highest BCUT2D eigenvalue weighted by Gasteiger charge is 2.38. The highest BCUT2D eigenvalue weighted by molar-refractivity contribution is 6.14. The fourth-order valence-corrected chi connectivity index (χ4v) is 4.19. The van der Waals surface area contributed by atoms with Gasteiger partial charge in [0, 0.05) is 36.3 Å². The molecule has 246 valence electrons. The van der Waals surface area contributed by atoms with Crippen molar-refractivity contribution >= 4 is 52.9 Å². The molecular weight excluding hydrogens is 618 g/mol. The Morgan fingerprint density at radius 2 is 1.85 bits per heavy atom. The zero-order valence-corrected chi connectivity index (χ0v) is 24.7. The first kappa shape index (κ1) is 33.6. The van der Waals surface area contributed by atoms with Crippen molar-refractivity contribution in [3.63, 3.8) is 0 Å². The third kappa shape index (κ3) is 8.68. The van der Waals surface area contributed by atoms with Gasteiger partial charge in [-0.1, -0.05) is 13.8 Å². The van der Waals surface area contributed by atoms with Crippen LogP contribution in [0.15, 0.2) is 36.2 Å². The Balaban J connectivity index is 0.000000617. The minimum Gasteiger partial charge on any atom is -0.475 e. The van der Waals surface area contributed by atoms with Crippen LogP contribution in [0.3, 0.4) is 0 Å². The lowest BCUT2D eigenvalue weighted by Crippen LogP contribution is -2.34. The normalized spacial score (nSPS) is 15.3. The van der Waals surface area contributed by atoms with Crippen molar-refractivity contribution in [3.05, 3.63) is 53.1 Å². The van der Waals surface area contributed by atoms with E-state index in [1.807, 2.05) is 0 Å². The Morgan fingerprint density at radius 3 is 2.41 bits per heavy atom. The topological polar surface area (TPSA) is 182 Å². The van der Waals surface area contributed by atoms with Gasteiger partial charge in [-0.15, -0.1) is 0 Å². The highest BCUT2D eigenvalue weighted by Crippen LogP contribution is 2.29. The number of rotatable bonds is 11. The van der Waals surface area contributed by atoms with Crippen molar-refractivity contribution in [3.8, 4) is 0 Å². The molecule has 1 aliphatic heterocycles. The van der Waals surface area contributed by atoms with Crippen molar-refractivity contribution in [2.75, 3.05) is 36.8 Å². The molecule has 18 heteroatoms. The first-order valence-electron chi connectivity index (χ1n) is 14.2. The quantitative estimate of drug-likeness (QED) is 0.103. The number of fused-ring (bicyclic) bond motifs is 1. The molecule has 5 rings (SSSR count). The van der Waals surface area contributed by atoms with Gasteiger partial charge in [0.1, 0.15) is 23.1 Å². The van der Waals surface area contributed by atoms with Crippen LogP contribution in [-0.2, 0) is 9.59 Å². The second-order valence-corrected chi connectivity index (χ2v) is 10.2. The molecule has 1 saturated carbocycles. The molecule has 0 spiro atoms. The maximum atomic E-state index is 15.1.